The maximum absolute atomic E-state index is 13.3. The summed E-state index contributed by atoms with van der Waals surface area (Å²) in [4.78, 5) is 14.1. The molecule has 1 aliphatic rings. The maximum atomic E-state index is 13.3. The van der Waals surface area contributed by atoms with Crippen molar-refractivity contribution in [2.24, 2.45) is 5.14 Å². The number of anilines is 1. The normalized spacial score (nSPS) is 16.4. The van der Waals surface area contributed by atoms with Crippen LogP contribution in [-0.4, -0.2) is 46.8 Å². The van der Waals surface area contributed by atoms with Crippen LogP contribution in [0.1, 0.15) is 36.7 Å². The molecule has 1 atom stereocenters. The summed E-state index contributed by atoms with van der Waals surface area (Å²) in [6.07, 6.45) is 0.371. The van der Waals surface area contributed by atoms with E-state index in [2.05, 4.69) is 0 Å². The molecule has 1 amide bonds. The predicted octanol–water partition coefficient (Wildman–Crippen LogP) is 1.96. The van der Waals surface area contributed by atoms with Crippen LogP contribution in [0.25, 0.3) is 0 Å². The number of hydrogen-bond acceptors (Lipinski definition) is 5. The Kier molecular flexibility index (Phi) is 5.94. The van der Waals surface area contributed by atoms with Crippen LogP contribution in [0.4, 0.5) is 5.69 Å². The summed E-state index contributed by atoms with van der Waals surface area (Å²) in [7, 11) is -7.77. The number of amides is 1. The summed E-state index contributed by atoms with van der Waals surface area (Å²) in [6.45, 7) is 6.66. The lowest BCUT2D eigenvalue weighted by atomic mass is 10.1. The van der Waals surface area contributed by atoms with Crippen LogP contribution in [0.3, 0.4) is 0 Å². The third kappa shape index (κ3) is 3.94. The van der Waals surface area contributed by atoms with Gasteiger partial charge in [-0.1, -0.05) is 0 Å². The fraction of sp³-hybridized carbons (Fsp3) is 0.350. The van der Waals surface area contributed by atoms with E-state index in [1.54, 1.807) is 11.8 Å². The number of rotatable bonds is 6. The standard InChI is InChI=1S/C20H25N3O5S2/c1-4-22(5-2)20(24)15-6-8-17(9-7-15)30(27,28)23-14(3)12-16-13-18(29(21,25)26)10-11-19(16)23/h6-11,13-14H,4-5,12H2,1-3H3,(H2,21,25,26). The molecular weight excluding hydrogens is 426 g/mol. The highest BCUT2D eigenvalue weighted by Crippen LogP contribution is 2.37. The first kappa shape index (κ1) is 22.3. The molecule has 0 saturated heterocycles. The number of carbonyl (C=O) groups excluding carboxylic acids is 1. The Morgan fingerprint density at radius 3 is 2.13 bits per heavy atom. The van der Waals surface area contributed by atoms with Crippen molar-refractivity contribution in [3.63, 3.8) is 0 Å². The molecule has 1 aliphatic heterocycles. The van der Waals surface area contributed by atoms with E-state index in [1.165, 1.54) is 46.8 Å². The fourth-order valence-corrected chi connectivity index (χ4v) is 5.96. The Balaban J connectivity index is 1.96. The predicted molar refractivity (Wildman–Crippen MR) is 114 cm³/mol. The molecular formula is C20H25N3O5S2. The second-order valence-electron chi connectivity index (χ2n) is 7.19. The minimum absolute atomic E-state index is 0.0491. The lowest BCUT2D eigenvalue weighted by molar-refractivity contribution is 0.0773. The van der Waals surface area contributed by atoms with Gasteiger partial charge in [0.1, 0.15) is 0 Å². The van der Waals surface area contributed by atoms with Crippen molar-refractivity contribution in [2.45, 2.75) is 43.0 Å². The molecule has 0 bridgehead atoms. The zero-order valence-corrected chi connectivity index (χ0v) is 18.7. The molecule has 0 radical (unpaired) electrons. The number of fused-ring (bicyclic) bond motifs is 1. The van der Waals surface area contributed by atoms with Gasteiger partial charge in [0.2, 0.25) is 10.0 Å². The molecule has 8 nitrogen and oxygen atoms in total. The number of hydrogen-bond donors (Lipinski definition) is 1. The maximum Gasteiger partial charge on any atom is 0.264 e. The van der Waals surface area contributed by atoms with E-state index in [0.29, 0.717) is 36.3 Å². The number of carbonyl (C=O) groups is 1. The molecule has 1 heterocycles. The van der Waals surface area contributed by atoms with Crippen molar-refractivity contribution in [1.29, 1.82) is 0 Å². The number of benzene rings is 2. The van der Waals surface area contributed by atoms with Crippen LogP contribution in [0.2, 0.25) is 0 Å². The van der Waals surface area contributed by atoms with Crippen LogP contribution in [-0.2, 0) is 26.5 Å². The highest BCUT2D eigenvalue weighted by Gasteiger charge is 2.36. The third-order valence-electron chi connectivity index (χ3n) is 5.24. The first-order chi connectivity index (χ1) is 14.0. The second-order valence-corrected chi connectivity index (χ2v) is 10.6. The molecule has 30 heavy (non-hydrogen) atoms. The lowest BCUT2D eigenvalue weighted by Crippen LogP contribution is -2.35. The van der Waals surface area contributed by atoms with E-state index in [1.807, 2.05) is 13.8 Å². The van der Waals surface area contributed by atoms with Crippen molar-refractivity contribution < 1.29 is 21.6 Å². The molecule has 0 aromatic heterocycles. The molecule has 1 unspecified atom stereocenters. The molecule has 0 saturated carbocycles. The first-order valence-corrected chi connectivity index (χ1v) is 12.6. The molecule has 2 aromatic rings. The van der Waals surface area contributed by atoms with Gasteiger partial charge in [-0.15, -0.1) is 0 Å². The van der Waals surface area contributed by atoms with Crippen LogP contribution in [0, 0.1) is 0 Å². The highest BCUT2D eigenvalue weighted by atomic mass is 32.2. The van der Waals surface area contributed by atoms with E-state index >= 15 is 0 Å². The first-order valence-electron chi connectivity index (χ1n) is 9.60. The summed E-state index contributed by atoms with van der Waals surface area (Å²) in [5.41, 5.74) is 1.45. The molecule has 3 rings (SSSR count). The van der Waals surface area contributed by atoms with Gasteiger partial charge < -0.3 is 4.90 Å². The molecule has 0 aliphatic carbocycles. The van der Waals surface area contributed by atoms with E-state index in [0.717, 1.165) is 0 Å². The minimum Gasteiger partial charge on any atom is -0.339 e. The van der Waals surface area contributed by atoms with Gasteiger partial charge >= 0.3 is 0 Å². The van der Waals surface area contributed by atoms with Crippen molar-refractivity contribution in [3.8, 4) is 0 Å². The van der Waals surface area contributed by atoms with Crippen LogP contribution in [0.15, 0.2) is 52.3 Å². The highest BCUT2D eigenvalue weighted by molar-refractivity contribution is 7.93. The fourth-order valence-electron chi connectivity index (χ4n) is 3.70. The summed E-state index contributed by atoms with van der Waals surface area (Å²) < 4.78 is 51.1. The monoisotopic (exact) mass is 451 g/mol. The number of nitrogens with zero attached hydrogens (tertiary/aromatic N) is 2. The van der Waals surface area contributed by atoms with E-state index in [4.69, 9.17) is 5.14 Å². The van der Waals surface area contributed by atoms with Gasteiger partial charge in [0.25, 0.3) is 15.9 Å². The third-order valence-corrected chi connectivity index (χ3v) is 8.09. The Morgan fingerprint density at radius 1 is 1.03 bits per heavy atom. The van der Waals surface area contributed by atoms with Crippen molar-refractivity contribution >= 4 is 31.6 Å². The Labute approximate surface area is 177 Å². The van der Waals surface area contributed by atoms with Gasteiger partial charge in [0.05, 0.1) is 15.5 Å². The Hall–Kier alpha value is -2.43. The van der Waals surface area contributed by atoms with Crippen LogP contribution in [0.5, 0.6) is 0 Å². The molecule has 0 spiro atoms. The zero-order valence-electron chi connectivity index (χ0n) is 17.1. The van der Waals surface area contributed by atoms with Crippen molar-refractivity contribution in [1.82, 2.24) is 4.90 Å². The Bertz CT molecular complexity index is 1170. The lowest BCUT2D eigenvalue weighted by Gasteiger charge is -2.25. The summed E-state index contributed by atoms with van der Waals surface area (Å²) in [5, 5.41) is 5.19. The smallest absolute Gasteiger partial charge is 0.264 e. The van der Waals surface area contributed by atoms with Gasteiger partial charge in [-0.05, 0) is 75.2 Å². The second kappa shape index (κ2) is 8.01. The molecule has 0 fully saturated rings. The Morgan fingerprint density at radius 2 is 1.60 bits per heavy atom. The zero-order chi connectivity index (χ0) is 22.3. The largest absolute Gasteiger partial charge is 0.339 e. The molecule has 2 aromatic carbocycles. The van der Waals surface area contributed by atoms with Crippen molar-refractivity contribution in [3.05, 3.63) is 53.6 Å². The average molecular weight is 452 g/mol. The number of primary sulfonamides is 1. The van der Waals surface area contributed by atoms with Gasteiger partial charge in [-0.3, -0.25) is 9.10 Å². The van der Waals surface area contributed by atoms with E-state index in [-0.39, 0.29) is 15.7 Å². The number of nitrogens with two attached hydrogens (primary N) is 1. The van der Waals surface area contributed by atoms with E-state index < -0.39 is 26.1 Å². The minimum atomic E-state index is -3.90. The molecule has 2 N–H and O–H groups in total. The van der Waals surface area contributed by atoms with Gasteiger partial charge in [-0.2, -0.15) is 0 Å². The van der Waals surface area contributed by atoms with Crippen molar-refractivity contribution in [2.75, 3.05) is 17.4 Å². The summed E-state index contributed by atoms with van der Waals surface area (Å²) >= 11 is 0. The quantitative estimate of drug-likeness (QED) is 0.720. The SMILES string of the molecule is CCN(CC)C(=O)c1ccc(S(=O)(=O)N2c3ccc(S(N)(=O)=O)cc3CC2C)cc1. The van der Waals surface area contributed by atoms with Crippen LogP contribution >= 0.6 is 0 Å². The van der Waals surface area contributed by atoms with E-state index in [9.17, 15) is 21.6 Å². The summed E-state index contributed by atoms with van der Waals surface area (Å²) in [5.74, 6) is -0.153. The van der Waals surface area contributed by atoms with Gasteiger partial charge in [0, 0.05) is 24.7 Å². The molecule has 162 valence electrons. The summed E-state index contributed by atoms with van der Waals surface area (Å²) in [6, 6.07) is 9.68. The van der Waals surface area contributed by atoms with Gasteiger partial charge in [-0.25, -0.2) is 22.0 Å². The molecule has 10 heteroatoms. The number of sulfonamides is 2. The van der Waals surface area contributed by atoms with Crippen LogP contribution < -0.4 is 9.44 Å². The average Bonchev–Trinajstić information content (AvgIpc) is 3.03. The topological polar surface area (TPSA) is 118 Å². The van der Waals surface area contributed by atoms with Gasteiger partial charge in [0.15, 0.2) is 0 Å².